The Balaban J connectivity index is 1.98. The van der Waals surface area contributed by atoms with Crippen LogP contribution in [0.5, 0.6) is 0 Å². The van der Waals surface area contributed by atoms with Gasteiger partial charge in [-0.25, -0.2) is 0 Å². The molecule has 4 heteroatoms. The van der Waals surface area contributed by atoms with E-state index >= 15 is 0 Å². The Bertz CT molecular complexity index is 601. The standard InChI is InChI=1S/C16H16Br2N2/c17-12-7-11(8-20-9-12)13-5-6-19-10-15(13)14-3-1-2-4-16(14)18/h1-4,7-9,13,15,19H,5-6,10H2. The quantitative estimate of drug-likeness (QED) is 0.811. The molecule has 1 N–H and O–H groups in total. The van der Waals surface area contributed by atoms with Gasteiger partial charge in [0.25, 0.3) is 0 Å². The molecule has 3 rings (SSSR count). The smallest absolute Gasteiger partial charge is 0.0410 e. The fourth-order valence-electron chi connectivity index (χ4n) is 2.99. The van der Waals surface area contributed by atoms with Gasteiger partial charge in [-0.1, -0.05) is 34.1 Å². The predicted molar refractivity (Wildman–Crippen MR) is 89.0 cm³/mol. The molecule has 0 aliphatic carbocycles. The molecule has 2 heterocycles. The third kappa shape index (κ3) is 2.97. The minimum atomic E-state index is 0.482. The summed E-state index contributed by atoms with van der Waals surface area (Å²) in [5, 5.41) is 3.52. The Morgan fingerprint density at radius 1 is 1.10 bits per heavy atom. The zero-order chi connectivity index (χ0) is 13.9. The van der Waals surface area contributed by atoms with Crippen LogP contribution in [0.15, 0.2) is 51.7 Å². The first kappa shape index (κ1) is 14.2. The lowest BCUT2D eigenvalue weighted by Crippen LogP contribution is -2.34. The van der Waals surface area contributed by atoms with Crippen molar-refractivity contribution in [2.45, 2.75) is 18.3 Å². The zero-order valence-corrected chi connectivity index (χ0v) is 14.2. The molecule has 0 bridgehead atoms. The summed E-state index contributed by atoms with van der Waals surface area (Å²) in [5.41, 5.74) is 2.70. The second kappa shape index (κ2) is 6.37. The lowest BCUT2D eigenvalue weighted by atomic mass is 9.78. The Labute approximate surface area is 136 Å². The minimum Gasteiger partial charge on any atom is -0.316 e. The van der Waals surface area contributed by atoms with Crippen LogP contribution < -0.4 is 5.32 Å². The first-order chi connectivity index (χ1) is 9.75. The van der Waals surface area contributed by atoms with Gasteiger partial charge in [0.1, 0.15) is 0 Å². The van der Waals surface area contributed by atoms with Crippen LogP contribution >= 0.6 is 31.9 Å². The number of aromatic nitrogens is 1. The van der Waals surface area contributed by atoms with Crippen LogP contribution in [0, 0.1) is 0 Å². The summed E-state index contributed by atoms with van der Waals surface area (Å²) in [7, 11) is 0. The van der Waals surface area contributed by atoms with E-state index in [0.717, 1.165) is 24.0 Å². The van der Waals surface area contributed by atoms with Crippen LogP contribution in [-0.4, -0.2) is 18.1 Å². The maximum absolute atomic E-state index is 4.33. The van der Waals surface area contributed by atoms with Crippen LogP contribution in [-0.2, 0) is 0 Å². The zero-order valence-electron chi connectivity index (χ0n) is 11.0. The van der Waals surface area contributed by atoms with Gasteiger partial charge in [-0.15, -0.1) is 0 Å². The highest BCUT2D eigenvalue weighted by Gasteiger charge is 2.29. The molecule has 0 amide bonds. The molecule has 1 aliphatic heterocycles. The maximum Gasteiger partial charge on any atom is 0.0410 e. The first-order valence-electron chi connectivity index (χ1n) is 6.81. The number of hydrogen-bond donors (Lipinski definition) is 1. The highest BCUT2D eigenvalue weighted by molar-refractivity contribution is 9.10. The van der Waals surface area contributed by atoms with Crippen LogP contribution in [0.4, 0.5) is 0 Å². The molecular weight excluding hydrogens is 380 g/mol. The molecule has 20 heavy (non-hydrogen) atoms. The van der Waals surface area contributed by atoms with Crippen LogP contribution in [0.2, 0.25) is 0 Å². The molecule has 0 spiro atoms. The topological polar surface area (TPSA) is 24.9 Å². The third-order valence-corrected chi connectivity index (χ3v) is 5.10. The van der Waals surface area contributed by atoms with Crippen molar-refractivity contribution in [1.82, 2.24) is 10.3 Å². The summed E-state index contributed by atoms with van der Waals surface area (Å²) in [6.07, 6.45) is 4.99. The molecule has 2 nitrogen and oxygen atoms in total. The first-order valence-corrected chi connectivity index (χ1v) is 8.40. The van der Waals surface area contributed by atoms with Gasteiger partial charge in [0, 0.05) is 33.8 Å². The lowest BCUT2D eigenvalue weighted by molar-refractivity contribution is 0.402. The Morgan fingerprint density at radius 3 is 2.75 bits per heavy atom. The van der Waals surface area contributed by atoms with Crippen molar-refractivity contribution in [2.75, 3.05) is 13.1 Å². The van der Waals surface area contributed by atoms with Crippen molar-refractivity contribution in [3.8, 4) is 0 Å². The van der Waals surface area contributed by atoms with Gasteiger partial charge in [0.15, 0.2) is 0 Å². The van der Waals surface area contributed by atoms with E-state index in [2.05, 4.69) is 72.5 Å². The summed E-state index contributed by atoms with van der Waals surface area (Å²) < 4.78 is 2.25. The lowest BCUT2D eigenvalue weighted by Gasteiger charge is -2.33. The highest BCUT2D eigenvalue weighted by atomic mass is 79.9. The molecular formula is C16H16Br2N2. The Hall–Kier alpha value is -0.710. The minimum absolute atomic E-state index is 0.482. The van der Waals surface area contributed by atoms with Crippen molar-refractivity contribution in [1.29, 1.82) is 0 Å². The van der Waals surface area contributed by atoms with Crippen molar-refractivity contribution in [2.24, 2.45) is 0 Å². The summed E-state index contributed by atoms with van der Waals surface area (Å²) >= 11 is 7.23. The van der Waals surface area contributed by atoms with Crippen LogP contribution in [0.1, 0.15) is 29.4 Å². The van der Waals surface area contributed by atoms with E-state index in [1.54, 1.807) is 0 Å². The molecule has 1 aliphatic rings. The summed E-state index contributed by atoms with van der Waals surface area (Å²) in [5.74, 6) is 0.996. The number of piperidine rings is 1. The molecule has 0 saturated carbocycles. The van der Waals surface area contributed by atoms with Gasteiger partial charge in [0.2, 0.25) is 0 Å². The van der Waals surface area contributed by atoms with E-state index in [4.69, 9.17) is 0 Å². The largest absolute Gasteiger partial charge is 0.316 e. The number of halogens is 2. The predicted octanol–water partition coefficient (Wildman–Crippen LogP) is 4.47. The molecule has 1 fully saturated rings. The van der Waals surface area contributed by atoms with E-state index in [9.17, 15) is 0 Å². The van der Waals surface area contributed by atoms with Crippen LogP contribution in [0.3, 0.4) is 0 Å². The summed E-state index contributed by atoms with van der Waals surface area (Å²) in [6, 6.07) is 10.7. The maximum atomic E-state index is 4.33. The Morgan fingerprint density at radius 2 is 1.95 bits per heavy atom. The van der Waals surface area contributed by atoms with Gasteiger partial charge in [-0.2, -0.15) is 0 Å². The number of nitrogens with one attached hydrogen (secondary N) is 1. The van der Waals surface area contributed by atoms with Crippen molar-refractivity contribution in [3.05, 3.63) is 62.8 Å². The average molecular weight is 396 g/mol. The van der Waals surface area contributed by atoms with E-state index in [1.165, 1.54) is 15.6 Å². The average Bonchev–Trinajstić information content (AvgIpc) is 2.48. The number of pyridine rings is 1. The SMILES string of the molecule is Brc1cncc(C2CCNCC2c2ccccc2Br)c1. The molecule has 1 saturated heterocycles. The molecule has 2 unspecified atom stereocenters. The fourth-order valence-corrected chi connectivity index (χ4v) is 3.95. The normalized spacial score (nSPS) is 22.7. The number of hydrogen-bond acceptors (Lipinski definition) is 2. The molecule has 2 aromatic rings. The van der Waals surface area contributed by atoms with E-state index < -0.39 is 0 Å². The molecule has 0 radical (unpaired) electrons. The highest BCUT2D eigenvalue weighted by Crippen LogP contribution is 2.40. The van der Waals surface area contributed by atoms with Crippen molar-refractivity contribution >= 4 is 31.9 Å². The monoisotopic (exact) mass is 394 g/mol. The van der Waals surface area contributed by atoms with Crippen molar-refractivity contribution in [3.63, 3.8) is 0 Å². The second-order valence-corrected chi connectivity index (χ2v) is 6.93. The van der Waals surface area contributed by atoms with Crippen LogP contribution in [0.25, 0.3) is 0 Å². The summed E-state index contributed by atoms with van der Waals surface area (Å²) in [4.78, 5) is 4.33. The van der Waals surface area contributed by atoms with Crippen molar-refractivity contribution < 1.29 is 0 Å². The van der Waals surface area contributed by atoms with E-state index in [1.807, 2.05) is 12.4 Å². The van der Waals surface area contributed by atoms with Gasteiger partial charge in [0.05, 0.1) is 0 Å². The Kier molecular flexibility index (Phi) is 4.54. The van der Waals surface area contributed by atoms with E-state index in [-0.39, 0.29) is 0 Å². The van der Waals surface area contributed by atoms with Gasteiger partial charge in [-0.3, -0.25) is 4.98 Å². The molecule has 1 aromatic heterocycles. The third-order valence-electron chi connectivity index (χ3n) is 3.94. The molecule has 1 aromatic carbocycles. The van der Waals surface area contributed by atoms with Gasteiger partial charge < -0.3 is 5.32 Å². The number of nitrogens with zero attached hydrogens (tertiary/aromatic N) is 1. The fraction of sp³-hybridized carbons (Fsp3) is 0.312. The molecule has 2 atom stereocenters. The van der Waals surface area contributed by atoms with E-state index in [0.29, 0.717) is 11.8 Å². The number of benzene rings is 1. The molecule has 104 valence electrons. The number of rotatable bonds is 2. The van der Waals surface area contributed by atoms with Gasteiger partial charge in [-0.05, 0) is 58.1 Å². The summed E-state index contributed by atoms with van der Waals surface area (Å²) in [6.45, 7) is 2.08. The second-order valence-electron chi connectivity index (χ2n) is 5.16. The van der Waals surface area contributed by atoms with Gasteiger partial charge >= 0.3 is 0 Å².